The zero-order chi connectivity index (χ0) is 27.2. The van der Waals surface area contributed by atoms with E-state index in [2.05, 4.69) is 4.85 Å². The Hall–Kier alpha value is -2.60. The Morgan fingerprint density at radius 2 is 1.77 bits per heavy atom. The number of benzene rings is 2. The van der Waals surface area contributed by atoms with Crippen LogP contribution in [0.2, 0.25) is 5.02 Å². The van der Waals surface area contributed by atoms with Gasteiger partial charge in [0.2, 0.25) is 5.88 Å². The van der Waals surface area contributed by atoms with Gasteiger partial charge in [-0.05, 0) is 41.8 Å². The molecule has 0 saturated heterocycles. The number of carboxylic acid groups (broad SMARTS) is 1. The molecule has 10 nitrogen and oxygen atoms in total. The van der Waals surface area contributed by atoms with Crippen molar-refractivity contribution in [2.24, 2.45) is 0 Å². The molecule has 0 spiro atoms. The van der Waals surface area contributed by atoms with Crippen molar-refractivity contribution >= 4 is 38.9 Å². The molecule has 1 heterocycles. The van der Waals surface area contributed by atoms with E-state index in [0.29, 0.717) is 16.5 Å². The van der Waals surface area contributed by atoms with E-state index in [1.165, 1.54) is 36.4 Å². The maximum atomic E-state index is 11.1. The maximum Gasteiger partial charge on any atom is 1.00 e. The van der Waals surface area contributed by atoms with Gasteiger partial charge in [0, 0.05) is 29.0 Å². The molecule has 2 aromatic rings. The Labute approximate surface area is 274 Å². The van der Waals surface area contributed by atoms with Crippen molar-refractivity contribution < 1.29 is 86.7 Å². The number of halogens is 1. The monoisotopic (exact) mass is 580 g/mol. The quantitative estimate of drug-likeness (QED) is 0.104. The molecule has 186 valence electrons. The number of ether oxygens (including phenoxy) is 1. The van der Waals surface area contributed by atoms with Crippen molar-refractivity contribution in [1.29, 1.82) is 10.5 Å². The van der Waals surface area contributed by atoms with Crippen molar-refractivity contribution in [2.45, 2.75) is 6.42 Å². The maximum absolute atomic E-state index is 11.1. The number of carbonyl (C=O) groups excluding carboxylic acids is 1. The largest absolute Gasteiger partial charge is 1.00 e. The Bertz CT molecular complexity index is 1570. The van der Waals surface area contributed by atoms with Crippen LogP contribution in [0.25, 0.3) is 10.4 Å². The smallest absolute Gasteiger partial charge is 0.748 e. The van der Waals surface area contributed by atoms with E-state index in [1.54, 1.807) is 29.2 Å². The van der Waals surface area contributed by atoms with E-state index in [9.17, 15) is 33.4 Å². The van der Waals surface area contributed by atoms with Gasteiger partial charge in [0.25, 0.3) is 5.70 Å². The number of carboxylic acids is 1. The molecule has 0 aromatic heterocycles. The van der Waals surface area contributed by atoms with Gasteiger partial charge in [0.1, 0.15) is 0 Å². The molecule has 1 aliphatic heterocycles. The number of nitriles is 2. The minimum Gasteiger partial charge on any atom is -0.748 e. The van der Waals surface area contributed by atoms with Gasteiger partial charge in [0.15, 0.2) is 5.75 Å². The van der Waals surface area contributed by atoms with Crippen LogP contribution in [-0.2, 0) is 10.1 Å². The van der Waals surface area contributed by atoms with E-state index >= 15 is 0 Å². The molecule has 3 rings (SSSR count). The minimum atomic E-state index is -4.44. The standard InChI is InChI=1S/C25H17ClN4O6S.2Na/c1-29-20(15-28)24(16-3-5-17(6-4-16)25(31)32)18(14-27)7-10-23-30(11-2-12-37(33,34)35)21-13-19(26)8-9-22(21)36-23;;/h3-10,13H,2,11-12H2,(H,31,32)(H,33,34,35);;/q;2*+1/p-2/b18-7+,23-10-,24-20+;;. The Morgan fingerprint density at radius 3 is 2.31 bits per heavy atom. The summed E-state index contributed by atoms with van der Waals surface area (Å²) in [4.78, 5) is 15.8. The van der Waals surface area contributed by atoms with Crippen LogP contribution < -0.4 is 73.9 Å². The van der Waals surface area contributed by atoms with Crippen molar-refractivity contribution in [2.75, 3.05) is 17.2 Å². The summed E-state index contributed by atoms with van der Waals surface area (Å²) in [6.45, 7) is 7.43. The van der Waals surface area contributed by atoms with Gasteiger partial charge in [-0.25, -0.2) is 18.5 Å². The fraction of sp³-hybridized carbons (Fsp3) is 0.120. The first-order valence-electron chi connectivity index (χ1n) is 10.4. The summed E-state index contributed by atoms with van der Waals surface area (Å²) >= 11 is 6.09. The van der Waals surface area contributed by atoms with Crippen molar-refractivity contribution in [3.8, 4) is 17.9 Å². The fourth-order valence-corrected chi connectivity index (χ4v) is 4.14. The number of fused-ring (bicyclic) bond motifs is 1. The topological polar surface area (TPSA) is 162 Å². The van der Waals surface area contributed by atoms with Crippen LogP contribution in [0, 0.1) is 29.2 Å². The number of carbonyl (C=O) groups is 1. The summed E-state index contributed by atoms with van der Waals surface area (Å²) in [5, 5.41) is 30.8. The number of allylic oxidation sites excluding steroid dienone is 5. The summed E-state index contributed by atoms with van der Waals surface area (Å²) in [5.74, 6) is -1.43. The van der Waals surface area contributed by atoms with Gasteiger partial charge in [-0.15, -0.1) is 0 Å². The third-order valence-electron chi connectivity index (χ3n) is 5.11. The predicted molar refractivity (Wildman–Crippen MR) is 130 cm³/mol. The Balaban J connectivity index is 0.00000380. The van der Waals surface area contributed by atoms with E-state index in [0.717, 1.165) is 0 Å². The summed E-state index contributed by atoms with van der Waals surface area (Å²) in [6, 6.07) is 13.6. The zero-order valence-electron chi connectivity index (χ0n) is 20.8. The Morgan fingerprint density at radius 1 is 1.13 bits per heavy atom. The fourth-order valence-electron chi connectivity index (χ4n) is 3.49. The second-order valence-electron chi connectivity index (χ2n) is 7.49. The molecule has 39 heavy (non-hydrogen) atoms. The first-order chi connectivity index (χ1) is 17.6. The van der Waals surface area contributed by atoms with Crippen LogP contribution in [0.5, 0.6) is 5.75 Å². The Kier molecular flexibility index (Phi) is 13.5. The average molecular weight is 581 g/mol. The third-order valence-corrected chi connectivity index (χ3v) is 6.14. The van der Waals surface area contributed by atoms with Gasteiger partial charge >= 0.3 is 59.1 Å². The molecule has 0 amide bonds. The molecule has 0 unspecified atom stereocenters. The number of hydrogen-bond acceptors (Lipinski definition) is 9. The van der Waals surface area contributed by atoms with E-state index in [4.69, 9.17) is 22.9 Å². The SMILES string of the molecule is [C-]#[N+]/C(C#N)=C(/C(C#N)=C/C=C1\Oc2ccc(Cl)cc2N1CCCS(=O)(=O)[O-])c1ccc(C(=O)[O-])cc1.[Na+].[Na+]. The first-order valence-corrected chi connectivity index (χ1v) is 12.4. The van der Waals surface area contributed by atoms with E-state index in [1.807, 2.05) is 6.07 Å². The number of rotatable bonds is 8. The van der Waals surface area contributed by atoms with Crippen molar-refractivity contribution in [1.82, 2.24) is 0 Å². The van der Waals surface area contributed by atoms with Gasteiger partial charge in [0.05, 0.1) is 46.1 Å². The van der Waals surface area contributed by atoms with Gasteiger partial charge in [-0.2, -0.15) is 5.26 Å². The molecule has 0 N–H and O–H groups in total. The van der Waals surface area contributed by atoms with Gasteiger partial charge in [-0.3, -0.25) is 0 Å². The van der Waals surface area contributed by atoms with Crippen LogP contribution in [0.15, 0.2) is 71.8 Å². The van der Waals surface area contributed by atoms with Crippen molar-refractivity contribution in [3.05, 3.63) is 99.3 Å². The molecule has 0 bridgehead atoms. The molecule has 14 heteroatoms. The van der Waals surface area contributed by atoms with Crippen LogP contribution >= 0.6 is 11.6 Å². The van der Waals surface area contributed by atoms with Crippen LogP contribution in [0.3, 0.4) is 0 Å². The average Bonchev–Trinajstić information content (AvgIpc) is 3.19. The molecule has 1 aliphatic rings. The molecule has 0 atom stereocenters. The van der Waals surface area contributed by atoms with Gasteiger partial charge < -0.3 is 24.1 Å². The molecule has 0 aliphatic carbocycles. The molecule has 0 saturated carbocycles. The summed E-state index contributed by atoms with van der Waals surface area (Å²) in [5.41, 5.74) is 0.128. The summed E-state index contributed by atoms with van der Waals surface area (Å²) in [7, 11) is -4.44. The second-order valence-corrected chi connectivity index (χ2v) is 9.45. The second kappa shape index (κ2) is 15.3. The summed E-state index contributed by atoms with van der Waals surface area (Å²) < 4.78 is 39.0. The van der Waals surface area contributed by atoms with Crippen LogP contribution in [0.1, 0.15) is 22.3 Å². The molecular formula is C25H15ClN4Na2O6S. The molecule has 0 fully saturated rings. The van der Waals surface area contributed by atoms with Crippen LogP contribution in [0.4, 0.5) is 5.69 Å². The molecular weight excluding hydrogens is 566 g/mol. The number of nitrogens with zero attached hydrogens (tertiary/aromatic N) is 4. The van der Waals surface area contributed by atoms with E-state index in [-0.39, 0.29) is 100 Å². The zero-order valence-corrected chi connectivity index (χ0v) is 26.4. The van der Waals surface area contributed by atoms with Crippen molar-refractivity contribution in [3.63, 3.8) is 0 Å². The predicted octanol–water partition coefficient (Wildman–Crippen LogP) is -3.01. The molecule has 0 radical (unpaired) electrons. The van der Waals surface area contributed by atoms with Gasteiger partial charge in [-0.1, -0.05) is 35.9 Å². The molecule has 2 aromatic carbocycles. The van der Waals surface area contributed by atoms with E-state index < -0.39 is 27.5 Å². The number of hydrogen-bond donors (Lipinski definition) is 0. The first kappa shape index (κ1) is 34.4. The summed E-state index contributed by atoms with van der Waals surface area (Å²) in [6.07, 6.45) is 2.69. The third kappa shape index (κ3) is 8.96. The van der Waals surface area contributed by atoms with Crippen LogP contribution in [-0.4, -0.2) is 31.2 Å². The number of aromatic carboxylic acids is 1. The normalized spacial score (nSPS) is 13.9. The minimum absolute atomic E-state index is 0. The number of anilines is 1.